The molecule has 0 amide bonds. The lowest BCUT2D eigenvalue weighted by Crippen LogP contribution is -2.08. The molecule has 0 fully saturated rings. The fourth-order valence-electron chi connectivity index (χ4n) is 1.78. The van der Waals surface area contributed by atoms with Crippen LogP contribution in [0, 0.1) is 18.3 Å². The van der Waals surface area contributed by atoms with Gasteiger partial charge in [-0.3, -0.25) is 0 Å². The molecule has 0 saturated carbocycles. The van der Waals surface area contributed by atoms with Gasteiger partial charge in [0.05, 0.1) is 13.2 Å². The van der Waals surface area contributed by atoms with Crippen LogP contribution in [0.4, 0.5) is 0 Å². The average Bonchev–Trinajstić information content (AvgIpc) is 2.75. The highest BCUT2D eigenvalue weighted by Gasteiger charge is 2.12. The lowest BCUT2D eigenvalue weighted by Gasteiger charge is -2.08. The first-order valence-corrected chi connectivity index (χ1v) is 5.62. The molecule has 0 bridgehead atoms. The van der Waals surface area contributed by atoms with Crippen LogP contribution in [0.2, 0.25) is 0 Å². The van der Waals surface area contributed by atoms with E-state index in [4.69, 9.17) is 10.00 Å². The Morgan fingerprint density at radius 3 is 2.83 bits per heavy atom. The summed E-state index contributed by atoms with van der Waals surface area (Å²) in [5, 5.41) is 16.8. The van der Waals surface area contributed by atoms with Gasteiger partial charge in [-0.15, -0.1) is 5.10 Å². The summed E-state index contributed by atoms with van der Waals surface area (Å²) < 4.78 is 6.80. The van der Waals surface area contributed by atoms with E-state index in [-0.39, 0.29) is 0 Å². The van der Waals surface area contributed by atoms with Crippen LogP contribution in [0.15, 0.2) is 24.3 Å². The lowest BCUT2D eigenvalue weighted by molar-refractivity contribution is 0.177. The molecule has 0 unspecified atom stereocenters. The SMILES string of the molecule is COCc1c(C#N)nnn1Cc1ccccc1C. The molecule has 5 heteroatoms. The summed E-state index contributed by atoms with van der Waals surface area (Å²) in [4.78, 5) is 0. The van der Waals surface area contributed by atoms with E-state index < -0.39 is 0 Å². The molecule has 0 aliphatic carbocycles. The molecule has 92 valence electrons. The summed E-state index contributed by atoms with van der Waals surface area (Å²) in [6.45, 7) is 2.98. The monoisotopic (exact) mass is 242 g/mol. The molecule has 0 aliphatic heterocycles. The van der Waals surface area contributed by atoms with E-state index in [0.717, 1.165) is 5.56 Å². The van der Waals surface area contributed by atoms with Crippen molar-refractivity contribution in [3.05, 3.63) is 46.8 Å². The summed E-state index contributed by atoms with van der Waals surface area (Å²) in [5.41, 5.74) is 3.38. The summed E-state index contributed by atoms with van der Waals surface area (Å²) >= 11 is 0. The number of aryl methyl sites for hydroxylation is 1. The van der Waals surface area contributed by atoms with Gasteiger partial charge in [0.1, 0.15) is 11.8 Å². The first-order valence-electron chi connectivity index (χ1n) is 5.62. The molecule has 5 nitrogen and oxygen atoms in total. The van der Waals surface area contributed by atoms with Gasteiger partial charge in [-0.1, -0.05) is 29.5 Å². The van der Waals surface area contributed by atoms with Gasteiger partial charge in [0, 0.05) is 7.11 Å². The summed E-state index contributed by atoms with van der Waals surface area (Å²) in [7, 11) is 1.59. The van der Waals surface area contributed by atoms with Gasteiger partial charge in [0.2, 0.25) is 0 Å². The minimum Gasteiger partial charge on any atom is -0.378 e. The number of hydrogen-bond donors (Lipinski definition) is 0. The van der Waals surface area contributed by atoms with Crippen molar-refractivity contribution in [2.75, 3.05) is 7.11 Å². The summed E-state index contributed by atoms with van der Waals surface area (Å²) in [6, 6.07) is 10.1. The Balaban J connectivity index is 2.32. The minimum atomic E-state index is 0.324. The van der Waals surface area contributed by atoms with Crippen LogP contribution in [0.25, 0.3) is 0 Å². The van der Waals surface area contributed by atoms with E-state index in [1.807, 2.05) is 37.3 Å². The second-order valence-corrected chi connectivity index (χ2v) is 4.01. The number of nitriles is 1. The van der Waals surface area contributed by atoms with Gasteiger partial charge < -0.3 is 4.74 Å². The first-order chi connectivity index (χ1) is 8.76. The van der Waals surface area contributed by atoms with Gasteiger partial charge in [-0.25, -0.2) is 4.68 Å². The van der Waals surface area contributed by atoms with Crippen LogP contribution in [0.1, 0.15) is 22.5 Å². The third-order valence-corrected chi connectivity index (χ3v) is 2.81. The zero-order chi connectivity index (χ0) is 13.0. The minimum absolute atomic E-state index is 0.324. The van der Waals surface area contributed by atoms with Gasteiger partial charge in [-0.05, 0) is 18.1 Å². The van der Waals surface area contributed by atoms with Crippen molar-refractivity contribution in [3.63, 3.8) is 0 Å². The van der Waals surface area contributed by atoms with Crippen molar-refractivity contribution in [2.45, 2.75) is 20.1 Å². The molecule has 1 heterocycles. The molecule has 2 aromatic rings. The highest BCUT2D eigenvalue weighted by Crippen LogP contribution is 2.12. The molecule has 0 aliphatic rings. The molecule has 2 rings (SSSR count). The number of ether oxygens (including phenoxy) is 1. The predicted molar refractivity (Wildman–Crippen MR) is 65.7 cm³/mol. The molecule has 18 heavy (non-hydrogen) atoms. The fraction of sp³-hybridized carbons (Fsp3) is 0.308. The van der Waals surface area contributed by atoms with Crippen LogP contribution < -0.4 is 0 Å². The van der Waals surface area contributed by atoms with Gasteiger partial charge in [-0.2, -0.15) is 5.26 Å². The molecule has 0 spiro atoms. The fourth-order valence-corrected chi connectivity index (χ4v) is 1.78. The quantitative estimate of drug-likeness (QED) is 0.817. The second kappa shape index (κ2) is 5.43. The molecule has 0 saturated heterocycles. The number of benzene rings is 1. The van der Waals surface area contributed by atoms with Crippen molar-refractivity contribution in [1.29, 1.82) is 5.26 Å². The number of rotatable bonds is 4. The van der Waals surface area contributed by atoms with Crippen LogP contribution in [-0.4, -0.2) is 22.1 Å². The van der Waals surface area contributed by atoms with E-state index in [2.05, 4.69) is 10.3 Å². The zero-order valence-electron chi connectivity index (χ0n) is 10.4. The van der Waals surface area contributed by atoms with Crippen LogP contribution in [0.3, 0.4) is 0 Å². The van der Waals surface area contributed by atoms with Gasteiger partial charge in [0.15, 0.2) is 5.69 Å². The first kappa shape index (κ1) is 12.3. The van der Waals surface area contributed by atoms with E-state index in [0.29, 0.717) is 24.5 Å². The predicted octanol–water partition coefficient (Wildman–Crippen LogP) is 1.65. The number of hydrogen-bond acceptors (Lipinski definition) is 4. The van der Waals surface area contributed by atoms with Gasteiger partial charge in [0.25, 0.3) is 0 Å². The van der Waals surface area contributed by atoms with Crippen molar-refractivity contribution in [1.82, 2.24) is 15.0 Å². The van der Waals surface area contributed by atoms with Crippen molar-refractivity contribution in [3.8, 4) is 6.07 Å². The molecule has 0 atom stereocenters. The standard InChI is InChI=1S/C13H14N4O/c1-10-5-3-4-6-11(10)8-17-13(9-18-2)12(7-14)15-16-17/h3-6H,8-9H2,1-2H3. The Morgan fingerprint density at radius 1 is 1.39 bits per heavy atom. The van der Waals surface area contributed by atoms with E-state index in [9.17, 15) is 0 Å². The molecule has 1 aromatic heterocycles. The molecule has 1 aromatic carbocycles. The maximum Gasteiger partial charge on any atom is 0.188 e. The highest BCUT2D eigenvalue weighted by molar-refractivity contribution is 5.28. The van der Waals surface area contributed by atoms with Crippen molar-refractivity contribution >= 4 is 0 Å². The zero-order valence-corrected chi connectivity index (χ0v) is 10.4. The molecular weight excluding hydrogens is 228 g/mol. The van der Waals surface area contributed by atoms with Gasteiger partial charge >= 0.3 is 0 Å². The third-order valence-electron chi connectivity index (χ3n) is 2.81. The van der Waals surface area contributed by atoms with Crippen molar-refractivity contribution in [2.24, 2.45) is 0 Å². The number of aromatic nitrogens is 3. The summed E-state index contributed by atoms with van der Waals surface area (Å²) in [6.07, 6.45) is 0. The topological polar surface area (TPSA) is 63.7 Å². The highest BCUT2D eigenvalue weighted by atomic mass is 16.5. The lowest BCUT2D eigenvalue weighted by atomic mass is 10.1. The second-order valence-electron chi connectivity index (χ2n) is 4.01. The molecule has 0 N–H and O–H groups in total. The Bertz CT molecular complexity index is 583. The smallest absolute Gasteiger partial charge is 0.188 e. The third kappa shape index (κ3) is 2.39. The van der Waals surface area contributed by atoms with E-state index in [1.54, 1.807) is 11.8 Å². The average molecular weight is 242 g/mol. The van der Waals surface area contributed by atoms with Crippen LogP contribution >= 0.6 is 0 Å². The van der Waals surface area contributed by atoms with Crippen molar-refractivity contribution < 1.29 is 4.74 Å². The normalized spacial score (nSPS) is 10.3. The summed E-state index contributed by atoms with van der Waals surface area (Å²) in [5.74, 6) is 0. The molecular formula is C13H14N4O. The van der Waals surface area contributed by atoms with E-state index >= 15 is 0 Å². The van der Waals surface area contributed by atoms with Crippen LogP contribution in [-0.2, 0) is 17.9 Å². The maximum absolute atomic E-state index is 8.96. The Kier molecular flexibility index (Phi) is 3.70. The Hall–Kier alpha value is -2.19. The number of methoxy groups -OCH3 is 1. The van der Waals surface area contributed by atoms with Crippen LogP contribution in [0.5, 0.6) is 0 Å². The largest absolute Gasteiger partial charge is 0.378 e. The Labute approximate surface area is 106 Å². The van der Waals surface area contributed by atoms with E-state index in [1.165, 1.54) is 5.56 Å². The Morgan fingerprint density at radius 2 is 2.17 bits per heavy atom. The molecule has 0 radical (unpaired) electrons. The maximum atomic E-state index is 8.96. The number of nitrogens with zero attached hydrogens (tertiary/aromatic N) is 4.